The molecule has 0 aromatic heterocycles. The van der Waals surface area contributed by atoms with E-state index >= 15 is 0 Å². The summed E-state index contributed by atoms with van der Waals surface area (Å²) in [5, 5.41) is 3.23. The molecule has 39 heavy (non-hydrogen) atoms. The van der Waals surface area contributed by atoms with Crippen molar-refractivity contribution in [1.82, 2.24) is 10.2 Å². The Morgan fingerprint density at radius 3 is 2.23 bits per heavy atom. The maximum atomic E-state index is 13.9. The SMILES string of the molecule is CCCNC(=O)C(C)N(Cc1cccc(C)c1)C(=O)CN(c1ccc(Cl)c(Cl)c1)S(=O)(=O)c1ccc(C)cc1. The number of hydrogen-bond acceptors (Lipinski definition) is 4. The van der Waals surface area contributed by atoms with Gasteiger partial charge >= 0.3 is 0 Å². The zero-order chi connectivity index (χ0) is 28.7. The van der Waals surface area contributed by atoms with Crippen molar-refractivity contribution in [2.24, 2.45) is 0 Å². The second-order valence-corrected chi connectivity index (χ2v) is 12.1. The fourth-order valence-corrected chi connectivity index (χ4v) is 5.69. The first-order valence-electron chi connectivity index (χ1n) is 12.6. The zero-order valence-corrected chi connectivity index (χ0v) is 24.8. The lowest BCUT2D eigenvalue weighted by Gasteiger charge is -2.32. The van der Waals surface area contributed by atoms with E-state index in [1.165, 1.54) is 35.2 Å². The standard InChI is InChI=1S/C29H33Cl2N3O4S/c1-5-15-32-29(36)22(4)33(18-23-8-6-7-21(3)16-23)28(35)19-34(24-11-14-26(30)27(31)17-24)39(37,38)25-12-9-20(2)10-13-25/h6-14,16-17,22H,5,15,18-19H2,1-4H3,(H,32,36). The van der Waals surface area contributed by atoms with Crippen LogP contribution in [0.2, 0.25) is 10.0 Å². The van der Waals surface area contributed by atoms with Crippen molar-refractivity contribution in [2.45, 2.75) is 51.6 Å². The Labute approximate surface area is 240 Å². The second kappa shape index (κ2) is 13.3. The molecule has 0 saturated carbocycles. The van der Waals surface area contributed by atoms with E-state index in [1.807, 2.05) is 45.0 Å². The Bertz CT molecular complexity index is 1430. The molecule has 0 fully saturated rings. The molecule has 1 N–H and O–H groups in total. The fourth-order valence-electron chi connectivity index (χ4n) is 3.99. The summed E-state index contributed by atoms with van der Waals surface area (Å²) in [7, 11) is -4.19. The molecule has 0 bridgehead atoms. The minimum atomic E-state index is -4.19. The highest BCUT2D eigenvalue weighted by Gasteiger charge is 2.32. The largest absolute Gasteiger partial charge is 0.354 e. The molecule has 3 rings (SSSR count). The van der Waals surface area contributed by atoms with E-state index < -0.39 is 28.5 Å². The monoisotopic (exact) mass is 589 g/mol. The zero-order valence-electron chi connectivity index (χ0n) is 22.4. The summed E-state index contributed by atoms with van der Waals surface area (Å²) in [6.07, 6.45) is 0.740. The molecule has 0 aliphatic carbocycles. The van der Waals surface area contributed by atoms with Gasteiger partial charge in [-0.2, -0.15) is 0 Å². The average molecular weight is 591 g/mol. The predicted molar refractivity (Wildman–Crippen MR) is 157 cm³/mol. The average Bonchev–Trinajstić information content (AvgIpc) is 2.90. The smallest absolute Gasteiger partial charge is 0.264 e. The minimum Gasteiger partial charge on any atom is -0.354 e. The topological polar surface area (TPSA) is 86.8 Å². The Morgan fingerprint density at radius 2 is 1.62 bits per heavy atom. The van der Waals surface area contributed by atoms with E-state index in [2.05, 4.69) is 5.32 Å². The number of nitrogens with zero attached hydrogens (tertiary/aromatic N) is 2. The van der Waals surface area contributed by atoms with E-state index in [0.717, 1.165) is 27.4 Å². The van der Waals surface area contributed by atoms with E-state index in [9.17, 15) is 18.0 Å². The molecule has 0 heterocycles. The van der Waals surface area contributed by atoms with Crippen molar-refractivity contribution in [2.75, 3.05) is 17.4 Å². The molecule has 0 saturated heterocycles. The molecular weight excluding hydrogens is 557 g/mol. The van der Waals surface area contributed by atoms with Crippen LogP contribution in [0.1, 0.15) is 37.0 Å². The maximum absolute atomic E-state index is 13.9. The number of rotatable bonds is 11. The van der Waals surface area contributed by atoms with Gasteiger partial charge in [-0.05, 0) is 63.1 Å². The highest BCUT2D eigenvalue weighted by molar-refractivity contribution is 7.92. The molecule has 0 aliphatic heterocycles. The van der Waals surface area contributed by atoms with Gasteiger partial charge < -0.3 is 10.2 Å². The van der Waals surface area contributed by atoms with Gasteiger partial charge in [0.1, 0.15) is 12.6 Å². The molecule has 3 aromatic carbocycles. The third-order valence-corrected chi connectivity index (χ3v) is 8.76. The predicted octanol–water partition coefficient (Wildman–Crippen LogP) is 5.75. The van der Waals surface area contributed by atoms with E-state index in [0.29, 0.717) is 6.54 Å². The summed E-state index contributed by atoms with van der Waals surface area (Å²) < 4.78 is 28.7. The van der Waals surface area contributed by atoms with Crippen molar-refractivity contribution in [3.05, 3.63) is 93.5 Å². The van der Waals surface area contributed by atoms with Crippen LogP contribution in [0.15, 0.2) is 71.6 Å². The lowest BCUT2D eigenvalue weighted by Crippen LogP contribution is -2.51. The first kappa shape index (κ1) is 30.5. The van der Waals surface area contributed by atoms with Crippen LogP contribution in [-0.4, -0.2) is 44.3 Å². The molecular formula is C29H33Cl2N3O4S. The van der Waals surface area contributed by atoms with Gasteiger partial charge in [-0.25, -0.2) is 8.42 Å². The summed E-state index contributed by atoms with van der Waals surface area (Å²) in [6, 6.07) is 17.5. The second-order valence-electron chi connectivity index (χ2n) is 9.40. The Kier molecular flexibility index (Phi) is 10.4. The molecule has 1 unspecified atom stereocenters. The number of halogens is 2. The van der Waals surface area contributed by atoms with E-state index in [-0.39, 0.29) is 33.1 Å². The third kappa shape index (κ3) is 7.75. The van der Waals surface area contributed by atoms with Crippen LogP contribution in [0, 0.1) is 13.8 Å². The summed E-state index contributed by atoms with van der Waals surface area (Å²) >= 11 is 12.3. The van der Waals surface area contributed by atoms with Crippen LogP contribution in [0.5, 0.6) is 0 Å². The van der Waals surface area contributed by atoms with Crippen LogP contribution in [0.3, 0.4) is 0 Å². The Balaban J connectivity index is 2.04. The van der Waals surface area contributed by atoms with E-state index in [4.69, 9.17) is 23.2 Å². The summed E-state index contributed by atoms with van der Waals surface area (Å²) in [6.45, 7) is 7.40. The molecule has 1 atom stereocenters. The lowest BCUT2D eigenvalue weighted by atomic mass is 10.1. The third-order valence-electron chi connectivity index (χ3n) is 6.23. The molecule has 7 nitrogen and oxygen atoms in total. The van der Waals surface area contributed by atoms with Crippen LogP contribution in [0.25, 0.3) is 0 Å². The summed E-state index contributed by atoms with van der Waals surface area (Å²) in [5.41, 5.74) is 2.89. The van der Waals surface area contributed by atoms with Gasteiger partial charge in [0.2, 0.25) is 11.8 Å². The molecule has 0 radical (unpaired) electrons. The van der Waals surface area contributed by atoms with Crippen LogP contribution in [0.4, 0.5) is 5.69 Å². The normalized spacial score (nSPS) is 12.1. The van der Waals surface area contributed by atoms with Gasteiger partial charge in [0.15, 0.2) is 0 Å². The number of aryl methyl sites for hydroxylation is 2. The van der Waals surface area contributed by atoms with E-state index in [1.54, 1.807) is 19.1 Å². The fraction of sp³-hybridized carbons (Fsp3) is 0.310. The molecule has 10 heteroatoms. The van der Waals surface area contributed by atoms with Gasteiger partial charge in [-0.15, -0.1) is 0 Å². The molecule has 0 spiro atoms. The number of benzene rings is 3. The molecule has 3 aromatic rings. The minimum absolute atomic E-state index is 0.0194. The van der Waals surface area contributed by atoms with Crippen molar-refractivity contribution >= 4 is 50.7 Å². The summed E-state index contributed by atoms with van der Waals surface area (Å²) in [5.74, 6) is -0.863. The van der Waals surface area contributed by atoms with Gasteiger partial charge in [0.05, 0.1) is 20.6 Å². The quantitative estimate of drug-likeness (QED) is 0.308. The highest BCUT2D eigenvalue weighted by Crippen LogP contribution is 2.31. The highest BCUT2D eigenvalue weighted by atomic mass is 35.5. The number of nitrogens with one attached hydrogen (secondary N) is 1. The number of hydrogen-bond donors (Lipinski definition) is 1. The Morgan fingerprint density at radius 1 is 0.923 bits per heavy atom. The number of carbonyl (C=O) groups is 2. The van der Waals surface area contributed by atoms with Crippen molar-refractivity contribution < 1.29 is 18.0 Å². The molecule has 2 amide bonds. The first-order valence-corrected chi connectivity index (χ1v) is 14.8. The van der Waals surface area contributed by atoms with Crippen LogP contribution in [-0.2, 0) is 26.2 Å². The van der Waals surface area contributed by atoms with Gasteiger partial charge in [0, 0.05) is 13.1 Å². The van der Waals surface area contributed by atoms with Gasteiger partial charge in [0.25, 0.3) is 10.0 Å². The first-order chi connectivity index (χ1) is 18.4. The number of anilines is 1. The number of amides is 2. The lowest BCUT2D eigenvalue weighted by molar-refractivity contribution is -0.139. The van der Waals surface area contributed by atoms with Gasteiger partial charge in [-0.1, -0.05) is 77.7 Å². The molecule has 208 valence electrons. The van der Waals surface area contributed by atoms with Crippen molar-refractivity contribution in [1.29, 1.82) is 0 Å². The maximum Gasteiger partial charge on any atom is 0.264 e. The number of carbonyl (C=O) groups excluding carboxylic acids is 2. The van der Waals surface area contributed by atoms with Crippen LogP contribution < -0.4 is 9.62 Å². The van der Waals surface area contributed by atoms with Gasteiger partial charge in [-0.3, -0.25) is 13.9 Å². The van der Waals surface area contributed by atoms with Crippen molar-refractivity contribution in [3.63, 3.8) is 0 Å². The summed E-state index contributed by atoms with van der Waals surface area (Å²) in [4.78, 5) is 28.2. The van der Waals surface area contributed by atoms with Crippen molar-refractivity contribution in [3.8, 4) is 0 Å². The van der Waals surface area contributed by atoms with Crippen LogP contribution >= 0.6 is 23.2 Å². The Hall–Kier alpha value is -3.07. The number of sulfonamides is 1. The molecule has 0 aliphatic rings.